The molecule has 1 heterocycles. The Kier molecular flexibility index (Phi) is 2.03. The van der Waals surface area contributed by atoms with Gasteiger partial charge in [0, 0.05) is 12.1 Å². The molecule has 3 N–H and O–H groups in total. The molecule has 0 bridgehead atoms. The summed E-state index contributed by atoms with van der Waals surface area (Å²) in [4.78, 5) is 17.4. The molecule has 0 atom stereocenters. The van der Waals surface area contributed by atoms with Gasteiger partial charge in [-0.2, -0.15) is 0 Å². The van der Waals surface area contributed by atoms with E-state index < -0.39 is 11.4 Å². The van der Waals surface area contributed by atoms with Gasteiger partial charge in [0.2, 0.25) is 5.95 Å². The fourth-order valence-electron chi connectivity index (χ4n) is 1.34. The van der Waals surface area contributed by atoms with Crippen LogP contribution in [0.2, 0.25) is 0 Å². The van der Waals surface area contributed by atoms with E-state index in [0.29, 0.717) is 0 Å². The number of methoxy groups -OCH3 is 1. The second-order valence-corrected chi connectivity index (χ2v) is 2.95. The molecule has 0 aliphatic carbocycles. The normalized spacial score (nSPS) is 10.5. The quantitative estimate of drug-likeness (QED) is 0.722. The molecule has 0 saturated heterocycles. The summed E-state index contributed by atoms with van der Waals surface area (Å²) in [5.74, 6) is -0.448. The number of benzene rings is 1. The molecular weight excluding hydrogens is 201 g/mol. The standard InChI is InChI=1S/C9H8FN3O2/c1-15-4-2-5(10)7-6(3-4)12-9(11)13-8(7)14/h2-3H,1H3,(H3,11,12,13,14). The van der Waals surface area contributed by atoms with Gasteiger partial charge in [-0.1, -0.05) is 0 Å². The lowest BCUT2D eigenvalue weighted by molar-refractivity contribution is 0.412. The second-order valence-electron chi connectivity index (χ2n) is 2.95. The van der Waals surface area contributed by atoms with Crippen molar-refractivity contribution >= 4 is 16.9 Å². The minimum atomic E-state index is -0.682. The number of ether oxygens (including phenoxy) is 1. The largest absolute Gasteiger partial charge is 0.497 e. The van der Waals surface area contributed by atoms with Gasteiger partial charge in [-0.3, -0.25) is 9.78 Å². The molecule has 2 aromatic rings. The monoisotopic (exact) mass is 209 g/mol. The van der Waals surface area contributed by atoms with E-state index >= 15 is 0 Å². The van der Waals surface area contributed by atoms with Crippen molar-refractivity contribution in [1.82, 2.24) is 9.97 Å². The third-order valence-electron chi connectivity index (χ3n) is 1.99. The summed E-state index contributed by atoms with van der Waals surface area (Å²) < 4.78 is 18.3. The van der Waals surface area contributed by atoms with E-state index in [1.165, 1.54) is 13.2 Å². The van der Waals surface area contributed by atoms with Crippen LogP contribution >= 0.6 is 0 Å². The third-order valence-corrected chi connectivity index (χ3v) is 1.99. The molecule has 1 aromatic carbocycles. The van der Waals surface area contributed by atoms with Gasteiger partial charge in [-0.05, 0) is 0 Å². The number of aromatic amines is 1. The van der Waals surface area contributed by atoms with Crippen LogP contribution in [0.3, 0.4) is 0 Å². The Bertz CT molecular complexity index is 579. The van der Waals surface area contributed by atoms with Crippen LogP contribution in [0.1, 0.15) is 0 Å². The van der Waals surface area contributed by atoms with E-state index in [0.717, 1.165) is 6.07 Å². The van der Waals surface area contributed by atoms with Crippen LogP contribution in [-0.4, -0.2) is 17.1 Å². The van der Waals surface area contributed by atoms with E-state index in [4.69, 9.17) is 10.5 Å². The van der Waals surface area contributed by atoms with Crippen LogP contribution in [0.4, 0.5) is 10.3 Å². The summed E-state index contributed by atoms with van der Waals surface area (Å²) in [7, 11) is 1.40. The first kappa shape index (κ1) is 9.45. The SMILES string of the molecule is COc1cc(F)c2c(=O)[nH]c(N)nc2c1. The number of nitrogens with one attached hydrogen (secondary N) is 1. The molecule has 78 valence electrons. The van der Waals surface area contributed by atoms with Crippen molar-refractivity contribution in [2.45, 2.75) is 0 Å². The highest BCUT2D eigenvalue weighted by atomic mass is 19.1. The first-order valence-electron chi connectivity index (χ1n) is 4.15. The predicted octanol–water partition coefficient (Wildman–Crippen LogP) is 0.653. The van der Waals surface area contributed by atoms with Crippen LogP contribution < -0.4 is 16.0 Å². The van der Waals surface area contributed by atoms with Crippen molar-refractivity contribution in [1.29, 1.82) is 0 Å². The highest BCUT2D eigenvalue weighted by Crippen LogP contribution is 2.20. The minimum Gasteiger partial charge on any atom is -0.497 e. The number of hydrogen-bond acceptors (Lipinski definition) is 4. The van der Waals surface area contributed by atoms with Crippen molar-refractivity contribution in [3.8, 4) is 5.75 Å². The first-order chi connectivity index (χ1) is 7.11. The lowest BCUT2D eigenvalue weighted by Gasteiger charge is -2.03. The predicted molar refractivity (Wildman–Crippen MR) is 53.3 cm³/mol. The third kappa shape index (κ3) is 1.50. The number of nitrogen functional groups attached to an aromatic ring is 1. The zero-order valence-electron chi connectivity index (χ0n) is 7.87. The highest BCUT2D eigenvalue weighted by molar-refractivity contribution is 5.80. The minimum absolute atomic E-state index is 0.0554. The lowest BCUT2D eigenvalue weighted by Crippen LogP contribution is -2.12. The molecule has 1 aromatic heterocycles. The molecule has 0 amide bonds. The van der Waals surface area contributed by atoms with Crippen LogP contribution in [0.15, 0.2) is 16.9 Å². The fraction of sp³-hybridized carbons (Fsp3) is 0.111. The Morgan fingerprint density at radius 2 is 2.27 bits per heavy atom. The van der Waals surface area contributed by atoms with Gasteiger partial charge in [0.1, 0.15) is 17.0 Å². The number of hydrogen-bond donors (Lipinski definition) is 2. The van der Waals surface area contributed by atoms with Crippen molar-refractivity contribution in [3.05, 3.63) is 28.3 Å². The number of anilines is 1. The summed E-state index contributed by atoms with van der Waals surface area (Å²) in [5.41, 5.74) is 4.91. The average molecular weight is 209 g/mol. The molecule has 15 heavy (non-hydrogen) atoms. The highest BCUT2D eigenvalue weighted by Gasteiger charge is 2.09. The number of aromatic nitrogens is 2. The van der Waals surface area contributed by atoms with Crippen LogP contribution in [0.25, 0.3) is 10.9 Å². The van der Waals surface area contributed by atoms with Crippen molar-refractivity contribution in [3.63, 3.8) is 0 Å². The van der Waals surface area contributed by atoms with E-state index in [2.05, 4.69) is 9.97 Å². The molecule has 0 unspecified atom stereocenters. The number of rotatable bonds is 1. The van der Waals surface area contributed by atoms with E-state index in [9.17, 15) is 9.18 Å². The topological polar surface area (TPSA) is 81.0 Å². The Morgan fingerprint density at radius 3 is 2.93 bits per heavy atom. The van der Waals surface area contributed by atoms with Gasteiger partial charge in [-0.15, -0.1) is 0 Å². The van der Waals surface area contributed by atoms with E-state index in [-0.39, 0.29) is 22.6 Å². The molecular formula is C9H8FN3O2. The van der Waals surface area contributed by atoms with Gasteiger partial charge >= 0.3 is 0 Å². The molecule has 6 heteroatoms. The summed E-state index contributed by atoms with van der Waals surface area (Å²) in [6, 6.07) is 2.57. The zero-order chi connectivity index (χ0) is 11.0. The van der Waals surface area contributed by atoms with Crippen LogP contribution in [0, 0.1) is 5.82 Å². The Hall–Kier alpha value is -2.11. The van der Waals surface area contributed by atoms with Gasteiger partial charge in [-0.25, -0.2) is 9.37 Å². The van der Waals surface area contributed by atoms with E-state index in [1.54, 1.807) is 0 Å². The van der Waals surface area contributed by atoms with E-state index in [1.807, 2.05) is 0 Å². The zero-order valence-corrected chi connectivity index (χ0v) is 7.87. The summed E-state index contributed by atoms with van der Waals surface area (Å²) >= 11 is 0. The molecule has 0 aliphatic heterocycles. The summed E-state index contributed by atoms with van der Waals surface area (Å²) in [6.07, 6.45) is 0. The fourth-order valence-corrected chi connectivity index (χ4v) is 1.34. The summed E-state index contributed by atoms with van der Waals surface area (Å²) in [5, 5.41) is -0.120. The van der Waals surface area contributed by atoms with Crippen LogP contribution in [-0.2, 0) is 0 Å². The Labute approximate surface area is 83.7 Å². The van der Waals surface area contributed by atoms with Gasteiger partial charge in [0.05, 0.1) is 12.6 Å². The Morgan fingerprint density at radius 1 is 1.53 bits per heavy atom. The molecule has 0 aliphatic rings. The first-order valence-corrected chi connectivity index (χ1v) is 4.15. The van der Waals surface area contributed by atoms with Gasteiger partial charge < -0.3 is 10.5 Å². The smallest absolute Gasteiger partial charge is 0.263 e. The van der Waals surface area contributed by atoms with Gasteiger partial charge in [0.15, 0.2) is 0 Å². The number of nitrogens with zero attached hydrogens (tertiary/aromatic N) is 1. The van der Waals surface area contributed by atoms with Crippen LogP contribution in [0.5, 0.6) is 5.75 Å². The molecule has 0 radical (unpaired) electrons. The maximum Gasteiger partial charge on any atom is 0.263 e. The molecule has 0 spiro atoms. The molecule has 2 rings (SSSR count). The number of nitrogens with two attached hydrogens (primary N) is 1. The summed E-state index contributed by atoms with van der Waals surface area (Å²) in [6.45, 7) is 0. The lowest BCUT2D eigenvalue weighted by atomic mass is 10.2. The van der Waals surface area contributed by atoms with Crippen molar-refractivity contribution in [2.75, 3.05) is 12.8 Å². The number of fused-ring (bicyclic) bond motifs is 1. The molecule has 0 fully saturated rings. The van der Waals surface area contributed by atoms with Crippen molar-refractivity contribution < 1.29 is 9.13 Å². The maximum absolute atomic E-state index is 13.4. The Balaban J connectivity index is 2.91. The molecule has 0 saturated carbocycles. The maximum atomic E-state index is 13.4. The molecule has 5 nitrogen and oxygen atoms in total. The average Bonchev–Trinajstić information content (AvgIpc) is 2.15. The van der Waals surface area contributed by atoms with Gasteiger partial charge in [0.25, 0.3) is 5.56 Å². The number of halogens is 1. The van der Waals surface area contributed by atoms with Crippen molar-refractivity contribution in [2.24, 2.45) is 0 Å². The number of H-pyrrole nitrogens is 1. The second kappa shape index (κ2) is 3.23.